The molecule has 1 aliphatic heterocycles. The molecule has 1 aliphatic rings. The summed E-state index contributed by atoms with van der Waals surface area (Å²) >= 11 is 0. The second kappa shape index (κ2) is 13.8. The highest BCUT2D eigenvalue weighted by atomic mass is 35.5. The van der Waals surface area contributed by atoms with E-state index in [4.69, 9.17) is 4.98 Å². The minimum atomic E-state index is -3.90. The average Bonchev–Trinajstić information content (AvgIpc) is 2.87. The van der Waals surface area contributed by atoms with Crippen LogP contribution in [0.1, 0.15) is 27.0 Å². The van der Waals surface area contributed by atoms with Gasteiger partial charge < -0.3 is 14.9 Å². The van der Waals surface area contributed by atoms with Gasteiger partial charge in [-0.3, -0.25) is 4.72 Å². The van der Waals surface area contributed by atoms with Gasteiger partial charge in [0.25, 0.3) is 10.0 Å². The third-order valence-electron chi connectivity index (χ3n) is 6.95. The van der Waals surface area contributed by atoms with Gasteiger partial charge in [0.1, 0.15) is 11.6 Å². The molecule has 1 fully saturated rings. The zero-order valence-corrected chi connectivity index (χ0v) is 26.4. The van der Waals surface area contributed by atoms with Crippen molar-refractivity contribution in [1.29, 1.82) is 0 Å². The van der Waals surface area contributed by atoms with Gasteiger partial charge in [0.15, 0.2) is 0 Å². The number of benzene rings is 3. The maximum absolute atomic E-state index is 13.3. The van der Waals surface area contributed by atoms with E-state index in [2.05, 4.69) is 9.62 Å². The van der Waals surface area contributed by atoms with E-state index in [1.807, 2.05) is 24.0 Å². The summed E-state index contributed by atoms with van der Waals surface area (Å²) in [5.74, 6) is -0.869. The Kier molecular flexibility index (Phi) is 11.4. The third-order valence-corrected chi connectivity index (χ3v) is 8.63. The van der Waals surface area contributed by atoms with Crippen LogP contribution in [-0.2, 0) is 10.0 Å². The molecule has 0 radical (unpaired) electrons. The van der Waals surface area contributed by atoms with Crippen LogP contribution < -0.4 is 14.5 Å². The van der Waals surface area contributed by atoms with Crippen molar-refractivity contribution in [2.24, 2.45) is 0 Å². The summed E-state index contributed by atoms with van der Waals surface area (Å²) in [6.07, 6.45) is 0. The first kappa shape index (κ1) is 34.9. The van der Waals surface area contributed by atoms with E-state index >= 15 is 0 Å². The van der Waals surface area contributed by atoms with Crippen molar-refractivity contribution in [2.45, 2.75) is 25.7 Å². The Morgan fingerprint density at radius 2 is 1.43 bits per heavy atom. The summed E-state index contributed by atoms with van der Waals surface area (Å²) in [4.78, 5) is 21.3. The molecule has 5 rings (SSSR count). The number of piperazine rings is 1. The Bertz CT molecular complexity index is 1670. The molecule has 0 aliphatic carbocycles. The molecule has 13 heteroatoms. The lowest BCUT2D eigenvalue weighted by atomic mass is 10.1. The molecule has 0 amide bonds. The molecular weight excluding hydrogens is 626 g/mol. The molecule has 226 valence electrons. The number of aromatic carboxylic acids is 1. The van der Waals surface area contributed by atoms with Gasteiger partial charge in [0.2, 0.25) is 0 Å². The summed E-state index contributed by atoms with van der Waals surface area (Å²) in [6, 6.07) is 16.3. The predicted octanol–water partition coefficient (Wildman–Crippen LogP) is 6.39. The number of nitrogens with zero attached hydrogens (tertiary/aromatic N) is 3. The molecule has 4 aromatic rings. The van der Waals surface area contributed by atoms with Crippen LogP contribution in [0.15, 0.2) is 65.6 Å². The van der Waals surface area contributed by atoms with Crippen molar-refractivity contribution in [3.63, 3.8) is 0 Å². The molecule has 3 aromatic carbocycles. The predicted molar refractivity (Wildman–Crippen MR) is 173 cm³/mol. The Labute approximate surface area is 263 Å². The molecule has 0 saturated carbocycles. The monoisotopic (exact) mass is 656 g/mol. The number of carboxylic acids is 1. The van der Waals surface area contributed by atoms with Gasteiger partial charge in [-0.1, -0.05) is 17.7 Å². The van der Waals surface area contributed by atoms with Crippen LogP contribution in [-0.4, -0.2) is 50.7 Å². The van der Waals surface area contributed by atoms with E-state index in [-0.39, 0.29) is 59.2 Å². The van der Waals surface area contributed by atoms with Crippen LogP contribution in [0, 0.1) is 26.6 Å². The number of aryl methyl sites for hydroxylation is 3. The zero-order valence-electron chi connectivity index (χ0n) is 23.1. The van der Waals surface area contributed by atoms with Crippen molar-refractivity contribution in [3.8, 4) is 0 Å². The lowest BCUT2D eigenvalue weighted by Gasteiger charge is -2.37. The lowest BCUT2D eigenvalue weighted by molar-refractivity contribution is 0.0699. The largest absolute Gasteiger partial charge is 0.478 e. The Morgan fingerprint density at radius 3 is 2.00 bits per heavy atom. The number of hydrogen-bond acceptors (Lipinski definition) is 6. The van der Waals surface area contributed by atoms with Crippen LogP contribution in [0.2, 0.25) is 0 Å². The molecule has 0 unspecified atom stereocenters. The van der Waals surface area contributed by atoms with Gasteiger partial charge in [0, 0.05) is 42.9 Å². The summed E-state index contributed by atoms with van der Waals surface area (Å²) < 4.78 is 42.4. The van der Waals surface area contributed by atoms with E-state index in [1.165, 1.54) is 24.3 Å². The van der Waals surface area contributed by atoms with Gasteiger partial charge in [-0.05, 0) is 80.4 Å². The second-order valence-corrected chi connectivity index (χ2v) is 11.5. The molecule has 2 N–H and O–H groups in total. The van der Waals surface area contributed by atoms with Gasteiger partial charge in [-0.2, -0.15) is 0 Å². The number of halogens is 4. The normalized spacial score (nSPS) is 13.0. The smallest absolute Gasteiger partial charge is 0.336 e. The number of hydrogen-bond donors (Lipinski definition) is 2. The molecule has 0 bridgehead atoms. The quantitative estimate of drug-likeness (QED) is 0.248. The number of sulfonamides is 1. The standard InChI is InChI=1S/C29H29FN4O4S.3ClH/c1-18-14-19(2)28(20(3)15-18)39(37,38)32-22-6-9-26-24(16-22)25(29(35)36)17-27(31-26)34-12-10-33(11-13-34)23-7-4-21(30)5-8-23;;;/h4-9,14-17,32H,10-13H2,1-3H3,(H,35,36);3*1H. The highest BCUT2D eigenvalue weighted by Crippen LogP contribution is 2.30. The van der Waals surface area contributed by atoms with Crippen LogP contribution in [0.25, 0.3) is 10.9 Å². The number of fused-ring (bicyclic) bond motifs is 1. The Hall–Kier alpha value is -3.31. The minimum Gasteiger partial charge on any atom is -0.478 e. The van der Waals surface area contributed by atoms with Crippen molar-refractivity contribution >= 4 is 81.3 Å². The summed E-state index contributed by atoms with van der Waals surface area (Å²) in [6.45, 7) is 7.99. The Balaban J connectivity index is 0.00000205. The van der Waals surface area contributed by atoms with Crippen molar-refractivity contribution in [3.05, 3.63) is 88.7 Å². The third kappa shape index (κ3) is 7.18. The minimum absolute atomic E-state index is 0. The highest BCUT2D eigenvalue weighted by Gasteiger charge is 2.23. The van der Waals surface area contributed by atoms with Gasteiger partial charge in [-0.25, -0.2) is 22.6 Å². The molecule has 1 saturated heterocycles. The maximum Gasteiger partial charge on any atom is 0.336 e. The van der Waals surface area contributed by atoms with Crippen LogP contribution in [0.4, 0.5) is 21.6 Å². The molecule has 42 heavy (non-hydrogen) atoms. The van der Waals surface area contributed by atoms with E-state index < -0.39 is 16.0 Å². The number of pyridine rings is 1. The molecule has 8 nitrogen and oxygen atoms in total. The number of aromatic nitrogens is 1. The van der Waals surface area contributed by atoms with E-state index in [1.54, 1.807) is 38.1 Å². The van der Waals surface area contributed by atoms with Crippen molar-refractivity contribution < 1.29 is 22.7 Å². The lowest BCUT2D eigenvalue weighted by Crippen LogP contribution is -2.46. The first-order valence-corrected chi connectivity index (χ1v) is 14.0. The van der Waals surface area contributed by atoms with Crippen molar-refractivity contribution in [1.82, 2.24) is 4.98 Å². The maximum atomic E-state index is 13.3. The fourth-order valence-corrected chi connectivity index (χ4v) is 6.76. The summed E-state index contributed by atoms with van der Waals surface area (Å²) in [7, 11) is -3.90. The number of carboxylic acid groups (broad SMARTS) is 1. The van der Waals surface area contributed by atoms with Crippen LogP contribution in [0.5, 0.6) is 0 Å². The first-order chi connectivity index (χ1) is 18.5. The summed E-state index contributed by atoms with van der Waals surface area (Å²) in [5, 5.41) is 10.3. The SMILES string of the molecule is Cc1cc(C)c(S(=O)(=O)Nc2ccc3nc(N4CCN(c5ccc(F)cc5)CC4)cc(C(=O)O)c3c2)c(C)c1.Cl.Cl.Cl. The first-order valence-electron chi connectivity index (χ1n) is 12.6. The number of anilines is 3. The van der Waals surface area contributed by atoms with E-state index in [9.17, 15) is 22.7 Å². The summed E-state index contributed by atoms with van der Waals surface area (Å²) in [5.41, 5.74) is 3.93. The fraction of sp³-hybridized carbons (Fsp3) is 0.241. The van der Waals surface area contributed by atoms with Gasteiger partial charge in [0.05, 0.1) is 16.0 Å². The number of nitrogens with one attached hydrogen (secondary N) is 1. The van der Waals surface area contributed by atoms with Crippen molar-refractivity contribution in [2.75, 3.05) is 40.7 Å². The molecule has 2 heterocycles. The van der Waals surface area contributed by atoms with Gasteiger partial charge >= 0.3 is 5.97 Å². The van der Waals surface area contributed by atoms with Crippen LogP contribution >= 0.6 is 37.2 Å². The van der Waals surface area contributed by atoms with E-state index in [0.717, 1.165) is 11.3 Å². The second-order valence-electron chi connectivity index (χ2n) is 9.85. The molecule has 0 spiro atoms. The molecule has 1 aromatic heterocycles. The number of carbonyl (C=O) groups is 1. The number of rotatable bonds is 6. The topological polar surface area (TPSA) is 103 Å². The average molecular weight is 658 g/mol. The van der Waals surface area contributed by atoms with E-state index in [0.29, 0.717) is 54.0 Å². The Morgan fingerprint density at radius 1 is 0.857 bits per heavy atom. The molecule has 0 atom stereocenters. The molecular formula is C29H32Cl3FN4O4S. The van der Waals surface area contributed by atoms with Gasteiger partial charge in [-0.15, -0.1) is 37.2 Å². The van der Waals surface area contributed by atoms with Crippen LogP contribution in [0.3, 0.4) is 0 Å². The fourth-order valence-electron chi connectivity index (χ4n) is 5.26. The highest BCUT2D eigenvalue weighted by molar-refractivity contribution is 7.92. The zero-order chi connectivity index (χ0) is 27.9.